The number of furan rings is 1. The van der Waals surface area contributed by atoms with Crippen molar-refractivity contribution >= 4 is 39.0 Å². The molecule has 208 valence electrons. The number of benzene rings is 3. The van der Waals surface area contributed by atoms with E-state index in [1.54, 1.807) is 0 Å². The van der Waals surface area contributed by atoms with Gasteiger partial charge in [0, 0.05) is 34.4 Å². The third-order valence-electron chi connectivity index (χ3n) is 9.47. The van der Waals surface area contributed by atoms with Crippen LogP contribution in [0, 0.1) is 17.8 Å². The fourth-order valence-electron chi connectivity index (χ4n) is 7.38. The van der Waals surface area contributed by atoms with Gasteiger partial charge in [0.15, 0.2) is 6.17 Å². The topological polar surface area (TPSA) is 49.9 Å². The van der Waals surface area contributed by atoms with E-state index < -0.39 is 0 Å². The van der Waals surface area contributed by atoms with Crippen LogP contribution in [0.3, 0.4) is 0 Å². The van der Waals surface area contributed by atoms with Crippen molar-refractivity contribution in [2.45, 2.75) is 51.6 Å². The van der Waals surface area contributed by atoms with Crippen molar-refractivity contribution in [3.05, 3.63) is 119 Å². The van der Waals surface area contributed by atoms with E-state index in [4.69, 9.17) is 14.4 Å². The summed E-state index contributed by atoms with van der Waals surface area (Å²) in [6, 6.07) is 23.4. The molecule has 1 saturated carbocycles. The monoisotopic (exact) mass is 549 g/mol. The van der Waals surface area contributed by atoms with E-state index in [2.05, 4.69) is 109 Å². The van der Waals surface area contributed by atoms with Gasteiger partial charge in [0.2, 0.25) is 0 Å². The third kappa shape index (κ3) is 4.38. The van der Waals surface area contributed by atoms with Gasteiger partial charge in [0.1, 0.15) is 23.0 Å². The molecule has 3 atom stereocenters. The van der Waals surface area contributed by atoms with Crippen LogP contribution in [0.25, 0.3) is 27.3 Å². The quantitative estimate of drug-likeness (QED) is 0.259. The zero-order valence-electron chi connectivity index (χ0n) is 24.0. The summed E-state index contributed by atoms with van der Waals surface area (Å²) < 4.78 is 6.47. The van der Waals surface area contributed by atoms with Gasteiger partial charge < -0.3 is 9.73 Å². The van der Waals surface area contributed by atoms with Crippen LogP contribution in [-0.2, 0) is 6.42 Å². The van der Waals surface area contributed by atoms with Crippen molar-refractivity contribution in [2.24, 2.45) is 27.7 Å². The number of aliphatic imine (C=N–C) groups is 2. The van der Waals surface area contributed by atoms with Gasteiger partial charge >= 0.3 is 0 Å². The number of nitrogens with zero attached hydrogens (tertiary/aromatic N) is 2. The highest BCUT2D eigenvalue weighted by atomic mass is 16.3. The van der Waals surface area contributed by atoms with Crippen LogP contribution in [0.1, 0.15) is 55.9 Å². The zero-order valence-corrected chi connectivity index (χ0v) is 24.0. The van der Waals surface area contributed by atoms with Crippen LogP contribution >= 0.6 is 0 Å². The van der Waals surface area contributed by atoms with Crippen LogP contribution in [0.5, 0.6) is 0 Å². The summed E-state index contributed by atoms with van der Waals surface area (Å²) in [4.78, 5) is 10.7. The van der Waals surface area contributed by atoms with E-state index in [0.717, 1.165) is 51.5 Å². The first-order valence-electron chi connectivity index (χ1n) is 15.5. The molecule has 0 saturated heterocycles. The number of fused-ring (bicyclic) bond motifs is 4. The second-order valence-corrected chi connectivity index (χ2v) is 12.1. The highest BCUT2D eigenvalue weighted by Gasteiger charge is 2.36. The lowest BCUT2D eigenvalue weighted by molar-refractivity contribution is 0.372. The molecule has 0 spiro atoms. The Morgan fingerprint density at radius 3 is 2.55 bits per heavy atom. The zero-order chi connectivity index (χ0) is 28.0. The molecule has 4 heteroatoms. The van der Waals surface area contributed by atoms with E-state index in [9.17, 15) is 0 Å². The lowest BCUT2D eigenvalue weighted by atomic mass is 9.72. The Morgan fingerprint density at radius 1 is 0.929 bits per heavy atom. The number of allylic oxidation sites excluding steroid dienone is 3. The minimum absolute atomic E-state index is 0.166. The number of rotatable bonds is 4. The summed E-state index contributed by atoms with van der Waals surface area (Å²) in [5.41, 5.74) is 9.27. The van der Waals surface area contributed by atoms with Crippen LogP contribution < -0.4 is 5.32 Å². The van der Waals surface area contributed by atoms with Crippen molar-refractivity contribution in [1.82, 2.24) is 5.32 Å². The molecular weight excluding hydrogens is 514 g/mol. The van der Waals surface area contributed by atoms with Gasteiger partial charge in [-0.3, -0.25) is 0 Å². The molecule has 42 heavy (non-hydrogen) atoms. The minimum Gasteiger partial charge on any atom is -0.460 e. The summed E-state index contributed by atoms with van der Waals surface area (Å²) >= 11 is 0. The maximum Gasteiger partial charge on any atom is 0.155 e. The molecule has 4 aliphatic rings. The highest BCUT2D eigenvalue weighted by Crippen LogP contribution is 2.42. The largest absolute Gasteiger partial charge is 0.460 e. The van der Waals surface area contributed by atoms with Crippen molar-refractivity contribution in [1.29, 1.82) is 0 Å². The predicted octanol–water partition coefficient (Wildman–Crippen LogP) is 8.78. The summed E-state index contributed by atoms with van der Waals surface area (Å²) in [5.74, 6) is 3.88. The smallest absolute Gasteiger partial charge is 0.155 e. The lowest BCUT2D eigenvalue weighted by Crippen LogP contribution is -2.42. The van der Waals surface area contributed by atoms with E-state index in [1.807, 2.05) is 0 Å². The highest BCUT2D eigenvalue weighted by molar-refractivity contribution is 6.11. The predicted molar refractivity (Wildman–Crippen MR) is 173 cm³/mol. The fraction of sp³-hybridized carbons (Fsp3) is 0.289. The molecule has 3 aromatic carbocycles. The van der Waals surface area contributed by atoms with Crippen molar-refractivity contribution in [3.8, 4) is 0 Å². The Kier molecular flexibility index (Phi) is 6.30. The third-order valence-corrected chi connectivity index (χ3v) is 9.47. The molecule has 1 fully saturated rings. The average Bonchev–Trinajstić information content (AvgIpc) is 3.41. The van der Waals surface area contributed by atoms with Gasteiger partial charge in [-0.05, 0) is 53.7 Å². The molecule has 3 unspecified atom stereocenters. The van der Waals surface area contributed by atoms with Gasteiger partial charge in [-0.1, -0.05) is 105 Å². The minimum atomic E-state index is -0.319. The summed E-state index contributed by atoms with van der Waals surface area (Å²) in [7, 11) is 0. The Morgan fingerprint density at radius 2 is 1.71 bits per heavy atom. The van der Waals surface area contributed by atoms with Crippen LogP contribution in [0.4, 0.5) is 0 Å². The molecule has 1 N–H and O–H groups in total. The van der Waals surface area contributed by atoms with E-state index in [0.29, 0.717) is 11.8 Å². The van der Waals surface area contributed by atoms with Gasteiger partial charge in [0.25, 0.3) is 0 Å². The number of nitrogens with one attached hydrogen (secondary N) is 1. The van der Waals surface area contributed by atoms with Gasteiger partial charge in [0.05, 0.1) is 0 Å². The molecule has 0 amide bonds. The Bertz CT molecular complexity index is 1870. The Labute approximate surface area is 247 Å². The molecule has 0 radical (unpaired) electrons. The van der Waals surface area contributed by atoms with Crippen molar-refractivity contribution in [3.63, 3.8) is 0 Å². The van der Waals surface area contributed by atoms with Gasteiger partial charge in [-0.15, -0.1) is 5.73 Å². The first kappa shape index (κ1) is 25.3. The Hall–Kier alpha value is -4.40. The second kappa shape index (κ2) is 10.5. The van der Waals surface area contributed by atoms with Crippen LogP contribution in [0.2, 0.25) is 0 Å². The average molecular weight is 550 g/mol. The van der Waals surface area contributed by atoms with Crippen LogP contribution in [0.15, 0.2) is 117 Å². The van der Waals surface area contributed by atoms with Gasteiger partial charge in [-0.25, -0.2) is 9.98 Å². The maximum atomic E-state index is 6.47. The normalized spacial score (nSPS) is 24.1. The molecule has 8 rings (SSSR count). The summed E-state index contributed by atoms with van der Waals surface area (Å²) in [5, 5.41) is 7.23. The number of hydrogen-bond acceptors (Lipinski definition) is 4. The first-order valence-corrected chi connectivity index (χ1v) is 15.5. The number of hydrogen-bond donors (Lipinski definition) is 1. The Balaban J connectivity index is 1.26. The van der Waals surface area contributed by atoms with Crippen molar-refractivity contribution < 1.29 is 4.42 Å². The van der Waals surface area contributed by atoms with E-state index in [-0.39, 0.29) is 12.1 Å². The lowest BCUT2D eigenvalue weighted by Gasteiger charge is -2.36. The van der Waals surface area contributed by atoms with E-state index >= 15 is 0 Å². The number of amidine groups is 2. The molecule has 1 aromatic heterocycles. The standard InChI is InChI=1S/C38H35N3O/c1-24-12-10-19-29(25-13-4-2-5-14-25)34(24)38-40-36(26-15-6-3-7-16-26)39-37(41-38)30-20-11-21-32-35(30)31-22-27-17-8-9-18-28(27)23-33(31)42-32/h3,6-12,15-19,22-25,34,37H,2,4-5,13-14,21H2,1H3,(H,39,40,41). The summed E-state index contributed by atoms with van der Waals surface area (Å²) in [6.07, 6.45) is 15.9. The molecule has 3 aliphatic carbocycles. The van der Waals surface area contributed by atoms with E-state index in [1.165, 1.54) is 48.4 Å². The molecule has 2 heterocycles. The van der Waals surface area contributed by atoms with Gasteiger partial charge in [-0.2, -0.15) is 0 Å². The van der Waals surface area contributed by atoms with Crippen LogP contribution in [-0.4, -0.2) is 17.8 Å². The molecular formula is C38H35N3O. The molecule has 4 aromatic rings. The SMILES string of the molecule is CC1C=CC=C(C2CCCCC2)C1C1=NC(C2=C=CCc3oc4cc5ccccc5cc4c32)NC(c2ccccc2)=N1. The molecule has 1 aliphatic heterocycles. The maximum absolute atomic E-state index is 6.47. The molecule has 0 bridgehead atoms. The second-order valence-electron chi connectivity index (χ2n) is 12.1. The summed E-state index contributed by atoms with van der Waals surface area (Å²) in [6.45, 7) is 2.32. The molecule has 4 nitrogen and oxygen atoms in total. The fourth-order valence-corrected chi connectivity index (χ4v) is 7.38. The van der Waals surface area contributed by atoms with Crippen molar-refractivity contribution in [2.75, 3.05) is 0 Å². The first-order chi connectivity index (χ1) is 20.7.